The van der Waals surface area contributed by atoms with Crippen LogP contribution in [-0.4, -0.2) is 14.9 Å². The lowest BCUT2D eigenvalue weighted by atomic mass is 9.84. The Morgan fingerprint density at radius 2 is 1.57 bits per heavy atom. The van der Waals surface area contributed by atoms with E-state index in [0.717, 1.165) is 16.8 Å². The average Bonchev–Trinajstić information content (AvgIpc) is 2.66. The third-order valence-corrected chi connectivity index (χ3v) is 3.65. The molecule has 0 bridgehead atoms. The lowest BCUT2D eigenvalue weighted by Gasteiger charge is -2.26. The highest BCUT2D eigenvalue weighted by molar-refractivity contribution is 5.70. The van der Waals surface area contributed by atoms with Crippen molar-refractivity contribution >= 4 is 0 Å². The molecule has 0 unspecified atom stereocenters. The maximum Gasteiger partial charge on any atom is 0.234 e. The van der Waals surface area contributed by atoms with Crippen LogP contribution in [0.15, 0.2) is 24.3 Å². The van der Waals surface area contributed by atoms with Crippen LogP contribution >= 0.6 is 0 Å². The molecule has 2 rings (SSSR count). The van der Waals surface area contributed by atoms with E-state index in [4.69, 9.17) is 0 Å². The lowest BCUT2D eigenvalue weighted by Crippen LogP contribution is -2.25. The highest BCUT2D eigenvalue weighted by Gasteiger charge is 2.32. The number of aryl methyl sites for hydroxylation is 1. The summed E-state index contributed by atoms with van der Waals surface area (Å²) in [5.74, 6) is 0.135. The van der Waals surface area contributed by atoms with Gasteiger partial charge in [-0.3, -0.25) is 4.68 Å². The lowest BCUT2D eigenvalue weighted by molar-refractivity contribution is 0.341. The molecule has 0 aliphatic rings. The number of benzene rings is 1. The third kappa shape index (κ3) is 2.82. The Kier molecular flexibility index (Phi) is 3.64. The van der Waals surface area contributed by atoms with Crippen molar-refractivity contribution < 1.29 is 5.11 Å². The minimum Gasteiger partial charge on any atom is -0.492 e. The van der Waals surface area contributed by atoms with Crippen molar-refractivity contribution in [1.29, 1.82) is 0 Å². The summed E-state index contributed by atoms with van der Waals surface area (Å²) in [7, 11) is 0. The minimum absolute atomic E-state index is 0.135. The zero-order valence-electron chi connectivity index (χ0n) is 14.2. The van der Waals surface area contributed by atoms with E-state index in [1.807, 2.05) is 16.8 Å². The van der Waals surface area contributed by atoms with Crippen molar-refractivity contribution in [2.45, 2.75) is 59.4 Å². The maximum atomic E-state index is 10.4. The van der Waals surface area contributed by atoms with Crippen LogP contribution in [0.4, 0.5) is 0 Å². The molecule has 0 saturated carbocycles. The van der Waals surface area contributed by atoms with Crippen LogP contribution < -0.4 is 0 Å². The van der Waals surface area contributed by atoms with Gasteiger partial charge in [0.05, 0.1) is 11.2 Å². The Hall–Kier alpha value is -1.77. The summed E-state index contributed by atoms with van der Waals surface area (Å²) in [6, 6.07) is 8.27. The highest BCUT2D eigenvalue weighted by Crippen LogP contribution is 2.41. The van der Waals surface area contributed by atoms with E-state index in [1.165, 1.54) is 5.56 Å². The van der Waals surface area contributed by atoms with E-state index in [0.29, 0.717) is 0 Å². The molecule has 1 N–H and O–H groups in total. The topological polar surface area (TPSA) is 38.1 Å². The molecule has 114 valence electrons. The maximum absolute atomic E-state index is 10.4. The van der Waals surface area contributed by atoms with E-state index in [2.05, 4.69) is 65.7 Å². The van der Waals surface area contributed by atoms with Crippen molar-refractivity contribution in [2.24, 2.45) is 0 Å². The van der Waals surface area contributed by atoms with Crippen LogP contribution in [0.25, 0.3) is 11.3 Å². The molecule has 0 saturated heterocycles. The van der Waals surface area contributed by atoms with Gasteiger partial charge in [-0.15, -0.1) is 5.10 Å². The van der Waals surface area contributed by atoms with Crippen LogP contribution in [0.5, 0.6) is 5.88 Å². The molecular formula is C18H26N2O. The molecule has 0 fully saturated rings. The number of hydrogen-bond acceptors (Lipinski definition) is 2. The van der Waals surface area contributed by atoms with Gasteiger partial charge in [-0.2, -0.15) is 0 Å². The summed E-state index contributed by atoms with van der Waals surface area (Å²) >= 11 is 0. The molecular weight excluding hydrogens is 260 g/mol. The second-order valence-electron chi connectivity index (χ2n) is 7.69. The van der Waals surface area contributed by atoms with Crippen molar-refractivity contribution in [3.8, 4) is 17.1 Å². The number of hydrogen-bond donors (Lipinski definition) is 1. The van der Waals surface area contributed by atoms with Crippen LogP contribution in [-0.2, 0) is 11.0 Å². The van der Waals surface area contributed by atoms with E-state index in [9.17, 15) is 5.11 Å². The first-order valence-electron chi connectivity index (χ1n) is 7.42. The second kappa shape index (κ2) is 4.90. The zero-order chi connectivity index (χ0) is 16.0. The Bertz CT molecular complexity index is 655. The summed E-state index contributed by atoms with van der Waals surface area (Å²) in [4.78, 5) is 0. The molecule has 0 spiro atoms. The molecule has 3 heteroatoms. The summed E-state index contributed by atoms with van der Waals surface area (Å²) in [6.45, 7) is 14.7. The molecule has 21 heavy (non-hydrogen) atoms. The van der Waals surface area contributed by atoms with E-state index in [1.54, 1.807) is 0 Å². The van der Waals surface area contributed by atoms with Gasteiger partial charge in [0, 0.05) is 11.1 Å². The first-order valence-corrected chi connectivity index (χ1v) is 7.42. The predicted molar refractivity (Wildman–Crippen MR) is 87.8 cm³/mol. The summed E-state index contributed by atoms with van der Waals surface area (Å²) in [5, 5.41) is 14.9. The van der Waals surface area contributed by atoms with E-state index >= 15 is 0 Å². The molecule has 1 aromatic carbocycles. The second-order valence-corrected chi connectivity index (χ2v) is 7.69. The van der Waals surface area contributed by atoms with Gasteiger partial charge in [0.1, 0.15) is 0 Å². The van der Waals surface area contributed by atoms with Crippen LogP contribution in [0.2, 0.25) is 0 Å². The van der Waals surface area contributed by atoms with Gasteiger partial charge in [0.15, 0.2) is 0 Å². The molecule has 2 aromatic rings. The number of rotatable bonds is 1. The van der Waals surface area contributed by atoms with Crippen LogP contribution in [0.3, 0.4) is 0 Å². The Morgan fingerprint density at radius 1 is 1.00 bits per heavy atom. The first-order chi connectivity index (χ1) is 9.53. The molecule has 0 atom stereocenters. The quantitative estimate of drug-likeness (QED) is 0.831. The largest absolute Gasteiger partial charge is 0.492 e. The van der Waals surface area contributed by atoms with Crippen LogP contribution in [0.1, 0.15) is 52.7 Å². The van der Waals surface area contributed by atoms with Crippen molar-refractivity contribution in [1.82, 2.24) is 9.78 Å². The molecule has 0 aliphatic heterocycles. The monoisotopic (exact) mass is 286 g/mol. The zero-order valence-corrected chi connectivity index (χ0v) is 14.2. The van der Waals surface area contributed by atoms with Gasteiger partial charge < -0.3 is 5.11 Å². The van der Waals surface area contributed by atoms with Crippen LogP contribution in [0, 0.1) is 6.92 Å². The van der Waals surface area contributed by atoms with Gasteiger partial charge in [0.2, 0.25) is 5.88 Å². The molecule has 1 aromatic heterocycles. The summed E-state index contributed by atoms with van der Waals surface area (Å²) in [5.41, 5.74) is 3.87. The van der Waals surface area contributed by atoms with Crippen molar-refractivity contribution in [3.63, 3.8) is 0 Å². The summed E-state index contributed by atoms with van der Waals surface area (Å²) in [6.07, 6.45) is 0. The van der Waals surface area contributed by atoms with Gasteiger partial charge in [0.25, 0.3) is 0 Å². The predicted octanol–water partition coefficient (Wildman–Crippen LogP) is 4.62. The molecule has 3 nitrogen and oxygen atoms in total. The number of nitrogens with zero attached hydrogens (tertiary/aromatic N) is 2. The smallest absolute Gasteiger partial charge is 0.234 e. The Morgan fingerprint density at radius 3 is 2.05 bits per heavy atom. The van der Waals surface area contributed by atoms with Gasteiger partial charge in [-0.25, -0.2) is 0 Å². The molecule has 1 heterocycles. The minimum atomic E-state index is -0.196. The fourth-order valence-corrected chi connectivity index (χ4v) is 2.67. The molecule has 0 amide bonds. The van der Waals surface area contributed by atoms with Gasteiger partial charge >= 0.3 is 0 Å². The van der Waals surface area contributed by atoms with Gasteiger partial charge in [-0.05, 0) is 38.7 Å². The first kappa shape index (κ1) is 15.6. The number of aromatic nitrogens is 2. The molecule has 0 aliphatic carbocycles. The Labute approximate surface area is 127 Å². The number of aromatic hydroxyl groups is 1. The summed E-state index contributed by atoms with van der Waals surface area (Å²) < 4.78 is 1.95. The molecule has 0 radical (unpaired) electrons. The average molecular weight is 286 g/mol. The standard InChI is InChI=1S/C18H26N2O/c1-12-10-8-9-11-13(12)15-14(17(2,3)4)16(21)19-20(15)18(5,6)7/h8-11H,1-7H3,(H,19,21). The normalized spacial score (nSPS) is 12.7. The fraction of sp³-hybridized carbons (Fsp3) is 0.500. The third-order valence-electron chi connectivity index (χ3n) is 3.65. The van der Waals surface area contributed by atoms with E-state index in [-0.39, 0.29) is 16.8 Å². The van der Waals surface area contributed by atoms with Gasteiger partial charge in [-0.1, -0.05) is 45.0 Å². The van der Waals surface area contributed by atoms with E-state index < -0.39 is 0 Å². The highest BCUT2D eigenvalue weighted by atomic mass is 16.3. The van der Waals surface area contributed by atoms with Crippen molar-refractivity contribution in [2.75, 3.05) is 0 Å². The SMILES string of the molecule is Cc1ccccc1-c1c(C(C)(C)C)c(O)nn1C(C)(C)C. The fourth-order valence-electron chi connectivity index (χ4n) is 2.67. The Balaban J connectivity index is 2.88. The van der Waals surface area contributed by atoms with Crippen molar-refractivity contribution in [3.05, 3.63) is 35.4 Å².